The van der Waals surface area contributed by atoms with Gasteiger partial charge in [-0.3, -0.25) is 0 Å². The van der Waals surface area contributed by atoms with Gasteiger partial charge in [0.05, 0.1) is 12.6 Å². The van der Waals surface area contributed by atoms with E-state index in [1.54, 1.807) is 12.1 Å². The first-order chi connectivity index (χ1) is 9.56. The number of benzene rings is 1. The van der Waals surface area contributed by atoms with E-state index in [2.05, 4.69) is 5.32 Å². The third kappa shape index (κ3) is 3.59. The quantitative estimate of drug-likeness (QED) is 0.883. The highest BCUT2D eigenvalue weighted by Gasteiger charge is 2.36. The Labute approximate surface area is 115 Å². The normalized spacial score (nSPS) is 21.6. The van der Waals surface area contributed by atoms with Crippen molar-refractivity contribution in [3.63, 3.8) is 0 Å². The number of carbonyl (C=O) groups is 2. The number of ether oxygens (including phenoxy) is 1. The Morgan fingerprint density at radius 3 is 2.65 bits per heavy atom. The summed E-state index contributed by atoms with van der Waals surface area (Å²) in [6.45, 7) is -0.227. The SMILES string of the molecule is O=C(NC1CN(C(=O)O)CC1F)OCc1ccccc1. The van der Waals surface area contributed by atoms with Crippen LogP contribution in [0.1, 0.15) is 5.56 Å². The van der Waals surface area contributed by atoms with E-state index in [0.29, 0.717) is 0 Å². The van der Waals surface area contributed by atoms with Crippen LogP contribution in [0.25, 0.3) is 0 Å². The maximum Gasteiger partial charge on any atom is 0.407 e. The van der Waals surface area contributed by atoms with E-state index in [0.717, 1.165) is 10.5 Å². The lowest BCUT2D eigenvalue weighted by atomic mass is 10.2. The van der Waals surface area contributed by atoms with Crippen LogP contribution in [0.4, 0.5) is 14.0 Å². The number of carbonyl (C=O) groups excluding carboxylic acids is 1. The molecule has 0 saturated carbocycles. The van der Waals surface area contributed by atoms with Crippen molar-refractivity contribution in [3.05, 3.63) is 35.9 Å². The van der Waals surface area contributed by atoms with E-state index in [1.807, 2.05) is 18.2 Å². The van der Waals surface area contributed by atoms with E-state index in [1.165, 1.54) is 0 Å². The van der Waals surface area contributed by atoms with Crippen molar-refractivity contribution in [2.75, 3.05) is 13.1 Å². The molecular weight excluding hydrogens is 267 g/mol. The first kappa shape index (κ1) is 14.1. The number of alkyl carbamates (subject to hydrolysis) is 1. The van der Waals surface area contributed by atoms with E-state index >= 15 is 0 Å². The maximum absolute atomic E-state index is 13.5. The topological polar surface area (TPSA) is 78.9 Å². The predicted molar refractivity (Wildman–Crippen MR) is 68.0 cm³/mol. The molecule has 20 heavy (non-hydrogen) atoms. The van der Waals surface area contributed by atoms with Gasteiger partial charge in [0.25, 0.3) is 0 Å². The smallest absolute Gasteiger partial charge is 0.407 e. The van der Waals surface area contributed by atoms with Crippen LogP contribution in [-0.4, -0.2) is 47.5 Å². The van der Waals surface area contributed by atoms with Crippen LogP contribution in [0.5, 0.6) is 0 Å². The summed E-state index contributed by atoms with van der Waals surface area (Å²) < 4.78 is 18.5. The van der Waals surface area contributed by atoms with Crippen LogP contribution in [-0.2, 0) is 11.3 Å². The fourth-order valence-corrected chi connectivity index (χ4v) is 1.97. The number of hydrogen-bond acceptors (Lipinski definition) is 3. The molecule has 2 amide bonds. The summed E-state index contributed by atoms with van der Waals surface area (Å²) in [5.74, 6) is 0. The molecule has 1 fully saturated rings. The van der Waals surface area contributed by atoms with Crippen LogP contribution in [0, 0.1) is 0 Å². The number of nitrogens with one attached hydrogen (secondary N) is 1. The van der Waals surface area contributed by atoms with Crippen molar-refractivity contribution in [1.29, 1.82) is 0 Å². The van der Waals surface area contributed by atoms with Gasteiger partial charge in [-0.15, -0.1) is 0 Å². The van der Waals surface area contributed by atoms with Crippen molar-refractivity contribution >= 4 is 12.2 Å². The second-order valence-corrected chi connectivity index (χ2v) is 4.52. The van der Waals surface area contributed by atoms with E-state index in [4.69, 9.17) is 9.84 Å². The number of rotatable bonds is 3. The third-order valence-corrected chi connectivity index (χ3v) is 3.04. The lowest BCUT2D eigenvalue weighted by Gasteiger charge is -2.14. The predicted octanol–water partition coefficient (Wildman–Crippen LogP) is 1.61. The Bertz CT molecular complexity index is 483. The fourth-order valence-electron chi connectivity index (χ4n) is 1.97. The molecule has 1 aliphatic rings. The summed E-state index contributed by atoms with van der Waals surface area (Å²) in [6.07, 6.45) is -3.38. The van der Waals surface area contributed by atoms with Gasteiger partial charge >= 0.3 is 12.2 Å². The van der Waals surface area contributed by atoms with Gasteiger partial charge in [0.15, 0.2) is 0 Å². The number of likely N-dealkylation sites (tertiary alicyclic amines) is 1. The van der Waals surface area contributed by atoms with Gasteiger partial charge in [0.2, 0.25) is 0 Å². The zero-order valence-electron chi connectivity index (χ0n) is 10.7. The average Bonchev–Trinajstić information content (AvgIpc) is 2.79. The second-order valence-electron chi connectivity index (χ2n) is 4.52. The fraction of sp³-hybridized carbons (Fsp3) is 0.385. The molecule has 2 N–H and O–H groups in total. The van der Waals surface area contributed by atoms with Crippen molar-refractivity contribution in [1.82, 2.24) is 10.2 Å². The van der Waals surface area contributed by atoms with Gasteiger partial charge in [-0.25, -0.2) is 14.0 Å². The number of halogens is 1. The van der Waals surface area contributed by atoms with Crippen LogP contribution < -0.4 is 5.32 Å². The Kier molecular flexibility index (Phi) is 4.39. The Balaban J connectivity index is 1.79. The highest BCUT2D eigenvalue weighted by atomic mass is 19.1. The summed E-state index contributed by atoms with van der Waals surface area (Å²) in [5.41, 5.74) is 0.818. The highest BCUT2D eigenvalue weighted by molar-refractivity contribution is 5.69. The van der Waals surface area contributed by atoms with Gasteiger partial charge in [0, 0.05) is 6.54 Å². The second kappa shape index (κ2) is 6.23. The number of nitrogens with zero attached hydrogens (tertiary/aromatic N) is 1. The summed E-state index contributed by atoms with van der Waals surface area (Å²) in [6, 6.07) is 8.21. The highest BCUT2D eigenvalue weighted by Crippen LogP contribution is 2.14. The Morgan fingerprint density at radius 1 is 1.35 bits per heavy atom. The standard InChI is InChI=1S/C13H15FN2O4/c14-10-6-16(13(18)19)7-11(10)15-12(17)20-8-9-4-2-1-3-5-9/h1-5,10-11H,6-8H2,(H,15,17)(H,18,19). The molecular formula is C13H15FN2O4. The summed E-state index contributed by atoms with van der Waals surface area (Å²) >= 11 is 0. The largest absolute Gasteiger partial charge is 0.465 e. The Morgan fingerprint density at radius 2 is 2.05 bits per heavy atom. The zero-order chi connectivity index (χ0) is 14.5. The van der Waals surface area contributed by atoms with Crippen molar-refractivity contribution in [3.8, 4) is 0 Å². The Hall–Kier alpha value is -2.31. The summed E-state index contributed by atoms with van der Waals surface area (Å²) in [5, 5.41) is 11.1. The maximum atomic E-state index is 13.5. The van der Waals surface area contributed by atoms with E-state index < -0.39 is 24.4 Å². The minimum absolute atomic E-state index is 0.0725. The number of amides is 2. The molecule has 1 aliphatic heterocycles. The molecule has 2 atom stereocenters. The van der Waals surface area contributed by atoms with Crippen molar-refractivity contribution < 1.29 is 23.8 Å². The van der Waals surface area contributed by atoms with Gasteiger partial charge in [-0.1, -0.05) is 30.3 Å². The molecule has 2 rings (SSSR count). The number of carboxylic acid groups (broad SMARTS) is 1. The molecule has 0 bridgehead atoms. The van der Waals surface area contributed by atoms with Gasteiger partial charge in [-0.2, -0.15) is 0 Å². The molecule has 0 aromatic heterocycles. The first-order valence-electron chi connectivity index (χ1n) is 6.15. The van der Waals surface area contributed by atoms with Crippen LogP contribution in [0.2, 0.25) is 0 Å². The van der Waals surface area contributed by atoms with Crippen LogP contribution in [0.15, 0.2) is 30.3 Å². The number of hydrogen-bond donors (Lipinski definition) is 2. The minimum Gasteiger partial charge on any atom is -0.465 e. The summed E-state index contributed by atoms with van der Waals surface area (Å²) in [7, 11) is 0. The van der Waals surface area contributed by atoms with Crippen LogP contribution >= 0.6 is 0 Å². The summed E-state index contributed by atoms with van der Waals surface area (Å²) in [4.78, 5) is 23.2. The van der Waals surface area contributed by atoms with Gasteiger partial charge in [0.1, 0.15) is 12.8 Å². The minimum atomic E-state index is -1.42. The molecule has 6 nitrogen and oxygen atoms in total. The van der Waals surface area contributed by atoms with Crippen LogP contribution in [0.3, 0.4) is 0 Å². The monoisotopic (exact) mass is 282 g/mol. The van der Waals surface area contributed by atoms with E-state index in [-0.39, 0.29) is 19.7 Å². The molecule has 108 valence electrons. The third-order valence-electron chi connectivity index (χ3n) is 3.04. The molecule has 0 aliphatic carbocycles. The molecule has 1 aromatic rings. The lowest BCUT2D eigenvalue weighted by molar-refractivity contribution is 0.131. The molecule has 1 saturated heterocycles. The first-order valence-corrected chi connectivity index (χ1v) is 6.15. The molecule has 1 heterocycles. The molecule has 1 aromatic carbocycles. The lowest BCUT2D eigenvalue weighted by Crippen LogP contribution is -2.41. The zero-order valence-corrected chi connectivity index (χ0v) is 10.7. The van der Waals surface area contributed by atoms with Gasteiger partial charge in [-0.05, 0) is 5.56 Å². The molecule has 7 heteroatoms. The molecule has 2 unspecified atom stereocenters. The van der Waals surface area contributed by atoms with E-state index in [9.17, 15) is 14.0 Å². The molecule has 0 spiro atoms. The molecule has 0 radical (unpaired) electrons. The van der Waals surface area contributed by atoms with Crippen molar-refractivity contribution in [2.24, 2.45) is 0 Å². The number of alkyl halides is 1. The average molecular weight is 282 g/mol. The van der Waals surface area contributed by atoms with Gasteiger partial charge < -0.3 is 20.1 Å². The van der Waals surface area contributed by atoms with Crippen molar-refractivity contribution in [2.45, 2.75) is 18.8 Å².